The van der Waals surface area contributed by atoms with Crippen molar-refractivity contribution in [2.24, 2.45) is 0 Å². The van der Waals surface area contributed by atoms with Gasteiger partial charge in [-0.15, -0.1) is 0 Å². The van der Waals surface area contributed by atoms with Gasteiger partial charge in [0.15, 0.2) is 0 Å². The number of nitrogens with zero attached hydrogens (tertiary/aromatic N) is 2. The summed E-state index contributed by atoms with van der Waals surface area (Å²) in [7, 11) is -3.66. The minimum absolute atomic E-state index is 0.258. The smallest absolute Gasteiger partial charge is 0.251 e. The highest BCUT2D eigenvalue weighted by atomic mass is 32.2. The number of carbonyl (C=O) groups is 1. The fourth-order valence-corrected chi connectivity index (χ4v) is 6.25. The van der Waals surface area contributed by atoms with E-state index in [-0.39, 0.29) is 10.8 Å². The molecule has 32 heavy (non-hydrogen) atoms. The largest absolute Gasteiger partial charge is 0.370 e. The number of amides is 1. The van der Waals surface area contributed by atoms with E-state index in [0.717, 1.165) is 56.4 Å². The fourth-order valence-electron chi connectivity index (χ4n) is 4.49. The second-order valence-electron chi connectivity index (χ2n) is 8.86. The maximum absolute atomic E-state index is 13.6. The topological polar surface area (TPSA) is 69.7 Å². The Kier molecular flexibility index (Phi) is 7.16. The summed E-state index contributed by atoms with van der Waals surface area (Å²) in [5.74, 6) is -0.258. The Morgan fingerprint density at radius 1 is 0.875 bits per heavy atom. The molecule has 2 aliphatic rings. The zero-order chi connectivity index (χ0) is 22.6. The first-order valence-corrected chi connectivity index (χ1v) is 13.1. The molecule has 1 N–H and O–H groups in total. The standard InChI is InChI=1S/C25H33N3O3S/c1-20-8-10-21(11-9-20)19-26-25(29)22-12-13-23(27-14-4-2-5-15-27)24(18-22)32(30,31)28-16-6-3-7-17-28/h8-13,18H,2-7,14-17,19H2,1H3,(H,26,29). The summed E-state index contributed by atoms with van der Waals surface area (Å²) in [5, 5.41) is 2.93. The van der Waals surface area contributed by atoms with E-state index in [4.69, 9.17) is 0 Å². The molecule has 0 atom stereocenters. The molecule has 7 heteroatoms. The third-order valence-electron chi connectivity index (χ3n) is 6.43. The monoisotopic (exact) mass is 455 g/mol. The molecule has 2 aliphatic heterocycles. The number of aryl methyl sites for hydroxylation is 1. The predicted octanol–water partition coefficient (Wildman–Crippen LogP) is 4.09. The van der Waals surface area contributed by atoms with Crippen LogP contribution in [0.1, 0.15) is 60.0 Å². The van der Waals surface area contributed by atoms with Gasteiger partial charge in [-0.05, 0) is 62.8 Å². The molecule has 6 nitrogen and oxygen atoms in total. The van der Waals surface area contributed by atoms with E-state index in [0.29, 0.717) is 25.2 Å². The van der Waals surface area contributed by atoms with Crippen molar-refractivity contribution in [2.45, 2.75) is 56.9 Å². The molecule has 2 aromatic rings. The van der Waals surface area contributed by atoms with Crippen molar-refractivity contribution in [3.05, 3.63) is 59.2 Å². The number of benzene rings is 2. The van der Waals surface area contributed by atoms with Crippen LogP contribution in [0.3, 0.4) is 0 Å². The number of hydrogen-bond donors (Lipinski definition) is 1. The molecule has 0 spiro atoms. The third kappa shape index (κ3) is 5.15. The molecule has 1 amide bonds. The Morgan fingerprint density at radius 3 is 2.16 bits per heavy atom. The number of anilines is 1. The zero-order valence-electron chi connectivity index (χ0n) is 18.8. The van der Waals surface area contributed by atoms with E-state index in [1.54, 1.807) is 16.4 Å². The molecule has 172 valence electrons. The van der Waals surface area contributed by atoms with E-state index in [1.807, 2.05) is 37.3 Å². The van der Waals surface area contributed by atoms with Gasteiger partial charge in [0.25, 0.3) is 5.91 Å². The predicted molar refractivity (Wildman–Crippen MR) is 127 cm³/mol. The second-order valence-corrected chi connectivity index (χ2v) is 10.8. The molecule has 2 fully saturated rings. The third-order valence-corrected chi connectivity index (χ3v) is 8.35. The molecule has 2 aromatic carbocycles. The van der Waals surface area contributed by atoms with Crippen molar-refractivity contribution in [3.63, 3.8) is 0 Å². The van der Waals surface area contributed by atoms with E-state index >= 15 is 0 Å². The molecule has 4 rings (SSSR count). The summed E-state index contributed by atoms with van der Waals surface area (Å²) in [4.78, 5) is 15.3. The highest BCUT2D eigenvalue weighted by Crippen LogP contribution is 2.32. The van der Waals surface area contributed by atoms with Gasteiger partial charge < -0.3 is 10.2 Å². The van der Waals surface area contributed by atoms with Crippen LogP contribution < -0.4 is 10.2 Å². The lowest BCUT2D eigenvalue weighted by molar-refractivity contribution is 0.0950. The van der Waals surface area contributed by atoms with Gasteiger partial charge in [0.1, 0.15) is 4.90 Å². The molecular weight excluding hydrogens is 422 g/mol. The lowest BCUT2D eigenvalue weighted by Crippen LogP contribution is -2.38. The van der Waals surface area contributed by atoms with Crippen molar-refractivity contribution in [2.75, 3.05) is 31.1 Å². The number of hydrogen-bond acceptors (Lipinski definition) is 4. The Bertz CT molecular complexity index is 1040. The van der Waals surface area contributed by atoms with Crippen molar-refractivity contribution < 1.29 is 13.2 Å². The Hall–Kier alpha value is -2.38. The van der Waals surface area contributed by atoms with Gasteiger partial charge in [0, 0.05) is 38.3 Å². The molecule has 0 saturated carbocycles. The summed E-state index contributed by atoms with van der Waals surface area (Å²) in [6.07, 6.45) is 6.12. The Labute approximate surface area is 191 Å². The van der Waals surface area contributed by atoms with Gasteiger partial charge in [-0.25, -0.2) is 8.42 Å². The quantitative estimate of drug-likeness (QED) is 0.712. The molecule has 0 aliphatic carbocycles. The Balaban J connectivity index is 1.61. The van der Waals surface area contributed by atoms with E-state index < -0.39 is 10.0 Å². The van der Waals surface area contributed by atoms with Gasteiger partial charge in [-0.3, -0.25) is 4.79 Å². The minimum Gasteiger partial charge on any atom is -0.370 e. The first-order chi connectivity index (χ1) is 15.4. The SMILES string of the molecule is Cc1ccc(CNC(=O)c2ccc(N3CCCCC3)c(S(=O)(=O)N3CCCCC3)c2)cc1. The van der Waals surface area contributed by atoms with E-state index in [2.05, 4.69) is 10.2 Å². The molecule has 0 unspecified atom stereocenters. The highest BCUT2D eigenvalue weighted by molar-refractivity contribution is 7.89. The maximum atomic E-state index is 13.6. The molecule has 2 saturated heterocycles. The van der Waals surface area contributed by atoms with Crippen LogP contribution in [0.4, 0.5) is 5.69 Å². The van der Waals surface area contributed by atoms with Crippen LogP contribution in [0.15, 0.2) is 47.4 Å². The van der Waals surface area contributed by atoms with Gasteiger partial charge in [0.2, 0.25) is 10.0 Å². The van der Waals surface area contributed by atoms with Gasteiger partial charge in [-0.2, -0.15) is 4.31 Å². The van der Waals surface area contributed by atoms with Crippen molar-refractivity contribution >= 4 is 21.6 Å². The number of nitrogens with one attached hydrogen (secondary N) is 1. The van der Waals surface area contributed by atoms with Crippen molar-refractivity contribution in [3.8, 4) is 0 Å². The molecule has 2 heterocycles. The first kappa shape index (κ1) is 22.8. The Morgan fingerprint density at radius 2 is 1.50 bits per heavy atom. The van der Waals surface area contributed by atoms with Gasteiger partial charge in [0.05, 0.1) is 5.69 Å². The van der Waals surface area contributed by atoms with Crippen LogP contribution >= 0.6 is 0 Å². The van der Waals surface area contributed by atoms with Crippen LogP contribution in [0, 0.1) is 6.92 Å². The second kappa shape index (κ2) is 10.0. The minimum atomic E-state index is -3.66. The average Bonchev–Trinajstić information content (AvgIpc) is 2.84. The van der Waals surface area contributed by atoms with Crippen LogP contribution in [0.25, 0.3) is 0 Å². The van der Waals surface area contributed by atoms with Crippen molar-refractivity contribution in [1.29, 1.82) is 0 Å². The lowest BCUT2D eigenvalue weighted by Gasteiger charge is -2.33. The van der Waals surface area contributed by atoms with E-state index in [9.17, 15) is 13.2 Å². The number of carbonyl (C=O) groups excluding carboxylic acids is 1. The summed E-state index contributed by atoms with van der Waals surface area (Å²) < 4.78 is 28.8. The molecular formula is C25H33N3O3S. The van der Waals surface area contributed by atoms with E-state index in [1.165, 1.54) is 12.0 Å². The lowest BCUT2D eigenvalue weighted by atomic mass is 10.1. The summed E-state index contributed by atoms with van der Waals surface area (Å²) in [6, 6.07) is 13.2. The summed E-state index contributed by atoms with van der Waals surface area (Å²) in [6.45, 7) is 5.22. The van der Waals surface area contributed by atoms with Crippen molar-refractivity contribution in [1.82, 2.24) is 9.62 Å². The fraction of sp³-hybridized carbons (Fsp3) is 0.480. The molecule has 0 bridgehead atoms. The zero-order valence-corrected chi connectivity index (χ0v) is 19.7. The molecule has 0 aromatic heterocycles. The van der Waals surface area contributed by atoms with Gasteiger partial charge in [-0.1, -0.05) is 36.2 Å². The van der Waals surface area contributed by atoms with Crippen LogP contribution in [-0.2, 0) is 16.6 Å². The highest BCUT2D eigenvalue weighted by Gasteiger charge is 2.31. The summed E-state index contributed by atoms with van der Waals surface area (Å²) >= 11 is 0. The average molecular weight is 456 g/mol. The normalized spacial score (nSPS) is 17.8. The first-order valence-electron chi connectivity index (χ1n) is 11.7. The number of piperidine rings is 2. The van der Waals surface area contributed by atoms with Gasteiger partial charge >= 0.3 is 0 Å². The molecule has 0 radical (unpaired) electrons. The number of sulfonamides is 1. The summed E-state index contributed by atoms with van der Waals surface area (Å²) in [5.41, 5.74) is 3.29. The number of rotatable bonds is 6. The van der Waals surface area contributed by atoms with Crippen LogP contribution in [0.2, 0.25) is 0 Å². The maximum Gasteiger partial charge on any atom is 0.251 e. The van der Waals surface area contributed by atoms with Crippen LogP contribution in [0.5, 0.6) is 0 Å². The van der Waals surface area contributed by atoms with Crippen LogP contribution in [-0.4, -0.2) is 44.8 Å².